The zero-order valence-electron chi connectivity index (χ0n) is 13.3. The number of hydrogen-bond acceptors (Lipinski definition) is 3. The molecule has 1 atom stereocenters. The van der Waals surface area contributed by atoms with Crippen molar-refractivity contribution in [3.05, 3.63) is 22.4 Å². The van der Waals surface area contributed by atoms with Gasteiger partial charge in [-0.2, -0.15) is 0 Å². The average Bonchev–Trinajstić information content (AvgIpc) is 2.80. The van der Waals surface area contributed by atoms with E-state index in [0.717, 1.165) is 6.54 Å². The Labute approximate surface area is 128 Å². The zero-order chi connectivity index (χ0) is 14.4. The number of nitrogens with zero attached hydrogens (tertiary/aromatic N) is 1. The van der Waals surface area contributed by atoms with E-state index < -0.39 is 0 Å². The van der Waals surface area contributed by atoms with Crippen LogP contribution in [0.25, 0.3) is 0 Å². The van der Waals surface area contributed by atoms with E-state index in [9.17, 15) is 0 Å². The van der Waals surface area contributed by atoms with Gasteiger partial charge in [0.2, 0.25) is 0 Å². The minimum absolute atomic E-state index is 0.330. The quantitative estimate of drug-likeness (QED) is 0.800. The standard InChI is InChI=1S/C17H30N2S/c1-4-18-16(14-15-10-9-13-20-15)17(19(2)3)11-7-5-6-8-12-17/h9-10,13,16,18H,4-8,11-12,14H2,1-3H3. The fourth-order valence-corrected chi connectivity index (χ4v) is 4.53. The van der Waals surface area contributed by atoms with Crippen molar-refractivity contribution in [3.63, 3.8) is 0 Å². The van der Waals surface area contributed by atoms with Crippen LogP contribution in [0, 0.1) is 0 Å². The average molecular weight is 295 g/mol. The molecule has 3 heteroatoms. The van der Waals surface area contributed by atoms with Crippen LogP contribution in [-0.2, 0) is 6.42 Å². The Morgan fingerprint density at radius 3 is 2.45 bits per heavy atom. The third kappa shape index (κ3) is 3.63. The maximum absolute atomic E-state index is 3.81. The Kier molecular flexibility index (Phi) is 6.06. The van der Waals surface area contributed by atoms with Crippen molar-refractivity contribution in [2.75, 3.05) is 20.6 Å². The van der Waals surface area contributed by atoms with E-state index in [1.807, 2.05) is 11.3 Å². The first kappa shape index (κ1) is 16.0. The Morgan fingerprint density at radius 2 is 1.95 bits per heavy atom. The van der Waals surface area contributed by atoms with Crippen LogP contribution in [-0.4, -0.2) is 37.1 Å². The smallest absolute Gasteiger partial charge is 0.0359 e. The van der Waals surface area contributed by atoms with Gasteiger partial charge in [0.1, 0.15) is 0 Å². The highest BCUT2D eigenvalue weighted by Crippen LogP contribution is 2.35. The SMILES string of the molecule is CCNC(Cc1cccs1)C1(N(C)C)CCCCCC1. The number of hydrogen-bond donors (Lipinski definition) is 1. The van der Waals surface area contributed by atoms with E-state index in [0.29, 0.717) is 11.6 Å². The van der Waals surface area contributed by atoms with Gasteiger partial charge in [-0.1, -0.05) is 38.7 Å². The zero-order valence-corrected chi connectivity index (χ0v) is 14.1. The van der Waals surface area contributed by atoms with Crippen LogP contribution < -0.4 is 5.32 Å². The summed E-state index contributed by atoms with van der Waals surface area (Å²) in [5.41, 5.74) is 0.330. The van der Waals surface area contributed by atoms with Gasteiger partial charge in [-0.05, 0) is 51.3 Å². The summed E-state index contributed by atoms with van der Waals surface area (Å²) in [4.78, 5) is 4.03. The maximum Gasteiger partial charge on any atom is 0.0359 e. The summed E-state index contributed by atoms with van der Waals surface area (Å²) in [7, 11) is 4.56. The lowest BCUT2D eigenvalue weighted by molar-refractivity contribution is 0.0812. The van der Waals surface area contributed by atoms with Gasteiger partial charge in [-0.3, -0.25) is 0 Å². The van der Waals surface area contributed by atoms with E-state index in [4.69, 9.17) is 0 Å². The number of thiophene rings is 1. The summed E-state index contributed by atoms with van der Waals surface area (Å²) in [6.45, 7) is 3.30. The summed E-state index contributed by atoms with van der Waals surface area (Å²) < 4.78 is 0. The highest BCUT2D eigenvalue weighted by atomic mass is 32.1. The summed E-state index contributed by atoms with van der Waals surface area (Å²) in [5, 5.41) is 6.01. The van der Waals surface area contributed by atoms with E-state index in [-0.39, 0.29) is 0 Å². The number of rotatable bonds is 6. The molecule has 1 heterocycles. The molecule has 20 heavy (non-hydrogen) atoms. The van der Waals surface area contributed by atoms with E-state index in [1.165, 1.54) is 49.8 Å². The van der Waals surface area contributed by atoms with Crippen LogP contribution in [0.15, 0.2) is 17.5 Å². The third-order valence-corrected chi connectivity index (χ3v) is 5.84. The van der Waals surface area contributed by atoms with Crippen LogP contribution in [0.3, 0.4) is 0 Å². The molecule has 2 nitrogen and oxygen atoms in total. The lowest BCUT2D eigenvalue weighted by atomic mass is 9.79. The summed E-state index contributed by atoms with van der Waals surface area (Å²) in [6.07, 6.45) is 9.42. The molecule has 1 fully saturated rings. The largest absolute Gasteiger partial charge is 0.312 e. The third-order valence-electron chi connectivity index (χ3n) is 4.94. The Morgan fingerprint density at radius 1 is 1.25 bits per heavy atom. The monoisotopic (exact) mass is 294 g/mol. The van der Waals surface area contributed by atoms with Gasteiger partial charge in [0, 0.05) is 16.5 Å². The van der Waals surface area contributed by atoms with E-state index in [1.54, 1.807) is 0 Å². The lowest BCUT2D eigenvalue weighted by Gasteiger charge is -2.46. The van der Waals surface area contributed by atoms with Crippen LogP contribution in [0.1, 0.15) is 50.3 Å². The molecule has 114 valence electrons. The predicted octanol–water partition coefficient (Wildman–Crippen LogP) is 3.92. The van der Waals surface area contributed by atoms with Crippen LogP contribution in [0.4, 0.5) is 0 Å². The van der Waals surface area contributed by atoms with Crippen LogP contribution in [0.5, 0.6) is 0 Å². The Hall–Kier alpha value is -0.380. The van der Waals surface area contributed by atoms with Crippen molar-refractivity contribution in [1.29, 1.82) is 0 Å². The first-order chi connectivity index (χ1) is 9.69. The molecule has 0 radical (unpaired) electrons. The highest BCUT2D eigenvalue weighted by Gasteiger charge is 2.40. The van der Waals surface area contributed by atoms with Crippen molar-refractivity contribution in [2.45, 2.75) is 63.5 Å². The molecule has 0 bridgehead atoms. The summed E-state index contributed by atoms with van der Waals surface area (Å²) >= 11 is 1.90. The first-order valence-corrected chi connectivity index (χ1v) is 9.00. The second kappa shape index (κ2) is 7.58. The van der Waals surface area contributed by atoms with Gasteiger partial charge < -0.3 is 10.2 Å². The Bertz CT molecular complexity index is 364. The van der Waals surface area contributed by atoms with Crippen molar-refractivity contribution < 1.29 is 0 Å². The number of likely N-dealkylation sites (N-methyl/N-ethyl adjacent to an activating group) is 2. The van der Waals surface area contributed by atoms with Crippen molar-refractivity contribution in [3.8, 4) is 0 Å². The van der Waals surface area contributed by atoms with Crippen molar-refractivity contribution in [1.82, 2.24) is 10.2 Å². The second-order valence-corrected chi connectivity index (χ2v) is 7.34. The van der Waals surface area contributed by atoms with Gasteiger partial charge in [-0.15, -0.1) is 11.3 Å². The lowest BCUT2D eigenvalue weighted by Crippen LogP contribution is -2.59. The highest BCUT2D eigenvalue weighted by molar-refractivity contribution is 7.09. The van der Waals surface area contributed by atoms with Crippen molar-refractivity contribution in [2.24, 2.45) is 0 Å². The predicted molar refractivity (Wildman–Crippen MR) is 89.6 cm³/mol. The summed E-state index contributed by atoms with van der Waals surface area (Å²) in [6, 6.07) is 5.03. The molecule has 1 aromatic heterocycles. The molecule has 1 unspecified atom stereocenters. The molecule has 2 rings (SSSR count). The topological polar surface area (TPSA) is 15.3 Å². The fourth-order valence-electron chi connectivity index (χ4n) is 3.78. The molecule has 0 aliphatic heterocycles. The Balaban J connectivity index is 2.21. The van der Waals surface area contributed by atoms with Crippen molar-refractivity contribution >= 4 is 11.3 Å². The fraction of sp³-hybridized carbons (Fsp3) is 0.765. The van der Waals surface area contributed by atoms with Gasteiger partial charge in [-0.25, -0.2) is 0 Å². The normalized spacial score (nSPS) is 20.8. The molecule has 0 saturated heterocycles. The molecule has 1 saturated carbocycles. The molecular weight excluding hydrogens is 264 g/mol. The van der Waals surface area contributed by atoms with Crippen LogP contribution in [0.2, 0.25) is 0 Å². The molecule has 0 aromatic carbocycles. The molecule has 1 aromatic rings. The van der Waals surface area contributed by atoms with E-state index >= 15 is 0 Å². The van der Waals surface area contributed by atoms with Gasteiger partial charge in [0.15, 0.2) is 0 Å². The van der Waals surface area contributed by atoms with Crippen LogP contribution >= 0.6 is 11.3 Å². The molecular formula is C17H30N2S. The number of nitrogens with one attached hydrogen (secondary N) is 1. The molecule has 1 aliphatic carbocycles. The molecule has 1 aliphatic rings. The molecule has 1 N–H and O–H groups in total. The van der Waals surface area contributed by atoms with Gasteiger partial charge in [0.25, 0.3) is 0 Å². The molecule has 0 spiro atoms. The minimum Gasteiger partial charge on any atom is -0.312 e. The summed E-state index contributed by atoms with van der Waals surface area (Å²) in [5.74, 6) is 0. The second-order valence-electron chi connectivity index (χ2n) is 6.31. The molecule has 0 amide bonds. The van der Waals surface area contributed by atoms with Gasteiger partial charge in [0.05, 0.1) is 0 Å². The maximum atomic E-state index is 3.81. The first-order valence-electron chi connectivity index (χ1n) is 8.12. The minimum atomic E-state index is 0.330. The van der Waals surface area contributed by atoms with Gasteiger partial charge >= 0.3 is 0 Å². The van der Waals surface area contributed by atoms with E-state index in [2.05, 4.69) is 48.7 Å².